The molecule has 0 spiro atoms. The first-order valence-electron chi connectivity index (χ1n) is 11.2. The number of hydrogen-bond acceptors (Lipinski definition) is 4. The van der Waals surface area contributed by atoms with Gasteiger partial charge in [-0.2, -0.15) is 0 Å². The maximum absolute atomic E-state index is 13.5. The molecule has 1 amide bonds. The van der Waals surface area contributed by atoms with E-state index in [1.165, 1.54) is 17.8 Å². The summed E-state index contributed by atoms with van der Waals surface area (Å²) in [6.07, 6.45) is 6.20. The van der Waals surface area contributed by atoms with Gasteiger partial charge in [-0.3, -0.25) is 9.88 Å². The van der Waals surface area contributed by atoms with E-state index in [-0.39, 0.29) is 18.0 Å². The van der Waals surface area contributed by atoms with Gasteiger partial charge in [0.25, 0.3) is 0 Å². The van der Waals surface area contributed by atoms with Crippen LogP contribution < -0.4 is 5.32 Å². The molecule has 2 aromatic heterocycles. The molecule has 3 aromatic rings. The van der Waals surface area contributed by atoms with Gasteiger partial charge in [-0.15, -0.1) is 0 Å². The zero-order valence-electron chi connectivity index (χ0n) is 17.9. The average molecular weight is 435 g/mol. The third-order valence-corrected chi connectivity index (χ3v) is 6.46. The molecule has 32 heavy (non-hydrogen) atoms. The Morgan fingerprint density at radius 1 is 1.03 bits per heavy atom. The second-order valence-electron chi connectivity index (χ2n) is 8.57. The Morgan fingerprint density at radius 2 is 1.78 bits per heavy atom. The summed E-state index contributed by atoms with van der Waals surface area (Å²) in [5, 5.41) is 2.71. The second kappa shape index (κ2) is 9.12. The maximum Gasteiger partial charge on any atom is 0.407 e. The van der Waals surface area contributed by atoms with Gasteiger partial charge in [0.1, 0.15) is 11.9 Å². The van der Waals surface area contributed by atoms with Crippen molar-refractivity contribution in [3.05, 3.63) is 66.4 Å². The van der Waals surface area contributed by atoms with Gasteiger partial charge in [-0.05, 0) is 79.5 Å². The van der Waals surface area contributed by atoms with Gasteiger partial charge in [0, 0.05) is 49.1 Å². The molecule has 0 bridgehead atoms. The van der Waals surface area contributed by atoms with Gasteiger partial charge in [-0.25, -0.2) is 9.18 Å². The third-order valence-electron chi connectivity index (χ3n) is 6.46. The number of piperidine rings is 1. The molecule has 1 aromatic carbocycles. The fourth-order valence-corrected chi connectivity index (χ4v) is 4.73. The number of ether oxygens (including phenoxy) is 1. The van der Waals surface area contributed by atoms with Crippen molar-refractivity contribution >= 4 is 6.09 Å². The van der Waals surface area contributed by atoms with E-state index in [0.717, 1.165) is 61.3 Å². The molecule has 2 fully saturated rings. The monoisotopic (exact) mass is 434 g/mol. The minimum atomic E-state index is -0.306. The molecule has 6 nitrogen and oxygen atoms in total. The normalized spacial score (nSPS) is 20.0. The molecule has 2 aliphatic heterocycles. The number of nitrogens with one attached hydrogen (secondary N) is 2. The summed E-state index contributed by atoms with van der Waals surface area (Å²) in [6.45, 7) is 3.43. The number of H-pyrrole nitrogens is 1. The highest BCUT2D eigenvalue weighted by Gasteiger charge is 2.27. The van der Waals surface area contributed by atoms with Gasteiger partial charge in [-0.1, -0.05) is 0 Å². The molecule has 4 heterocycles. The van der Waals surface area contributed by atoms with Gasteiger partial charge >= 0.3 is 6.09 Å². The molecule has 2 aliphatic rings. The summed E-state index contributed by atoms with van der Waals surface area (Å²) in [4.78, 5) is 21.6. The summed E-state index contributed by atoms with van der Waals surface area (Å²) >= 11 is 0. The first-order valence-corrected chi connectivity index (χ1v) is 11.2. The van der Waals surface area contributed by atoms with E-state index in [4.69, 9.17) is 4.74 Å². The van der Waals surface area contributed by atoms with Crippen LogP contribution >= 0.6 is 0 Å². The number of alkyl carbamates (subject to hydrolysis) is 1. The number of likely N-dealkylation sites (tertiary alicyclic amines) is 1. The van der Waals surface area contributed by atoms with Crippen molar-refractivity contribution in [1.29, 1.82) is 0 Å². The first kappa shape index (κ1) is 20.7. The van der Waals surface area contributed by atoms with Gasteiger partial charge < -0.3 is 15.0 Å². The van der Waals surface area contributed by atoms with Crippen molar-refractivity contribution in [3.8, 4) is 22.4 Å². The van der Waals surface area contributed by atoms with E-state index < -0.39 is 0 Å². The van der Waals surface area contributed by atoms with E-state index in [1.54, 1.807) is 12.4 Å². The predicted molar refractivity (Wildman–Crippen MR) is 121 cm³/mol. The Labute approximate surface area is 186 Å². The van der Waals surface area contributed by atoms with Crippen LogP contribution in [-0.4, -0.2) is 53.2 Å². The van der Waals surface area contributed by atoms with Crippen LogP contribution in [0.5, 0.6) is 0 Å². The number of rotatable bonds is 5. The van der Waals surface area contributed by atoms with Crippen LogP contribution in [0.15, 0.2) is 54.9 Å². The average Bonchev–Trinajstić information content (AvgIpc) is 3.26. The number of carbonyl (C=O) groups excluding carboxylic acids is 1. The first-order chi connectivity index (χ1) is 15.7. The molecule has 1 atom stereocenters. The Hall–Kier alpha value is -3.19. The van der Waals surface area contributed by atoms with Crippen molar-refractivity contribution < 1.29 is 13.9 Å². The zero-order valence-corrected chi connectivity index (χ0v) is 17.9. The number of hydrogen-bond donors (Lipinski definition) is 2. The van der Waals surface area contributed by atoms with Crippen LogP contribution in [-0.2, 0) is 4.74 Å². The Balaban J connectivity index is 1.33. The molecule has 0 saturated carbocycles. The Morgan fingerprint density at radius 3 is 2.50 bits per heavy atom. The van der Waals surface area contributed by atoms with Crippen LogP contribution in [0.3, 0.4) is 0 Å². The van der Waals surface area contributed by atoms with Crippen molar-refractivity contribution in [2.45, 2.75) is 31.3 Å². The number of aromatic nitrogens is 2. The van der Waals surface area contributed by atoms with E-state index >= 15 is 0 Å². The maximum atomic E-state index is 13.5. The van der Waals surface area contributed by atoms with Crippen molar-refractivity contribution in [1.82, 2.24) is 20.2 Å². The number of benzene rings is 1. The topological polar surface area (TPSA) is 70.2 Å². The summed E-state index contributed by atoms with van der Waals surface area (Å²) in [6, 6.07) is 12.9. The number of halogens is 1. The molecule has 2 N–H and O–H groups in total. The minimum Gasteiger partial charge on any atom is -0.445 e. The molecule has 7 heteroatoms. The molecular weight excluding hydrogens is 407 g/mol. The number of cyclic esters (lactones) is 1. The van der Waals surface area contributed by atoms with Gasteiger partial charge in [0.05, 0.1) is 5.69 Å². The van der Waals surface area contributed by atoms with Crippen molar-refractivity contribution in [3.63, 3.8) is 0 Å². The van der Waals surface area contributed by atoms with E-state index in [0.29, 0.717) is 12.5 Å². The molecule has 0 aliphatic carbocycles. The summed E-state index contributed by atoms with van der Waals surface area (Å²) in [5.74, 6) is 0.189. The third kappa shape index (κ3) is 4.53. The second-order valence-corrected chi connectivity index (χ2v) is 8.57. The highest BCUT2D eigenvalue weighted by molar-refractivity contribution is 5.82. The largest absolute Gasteiger partial charge is 0.445 e. The van der Waals surface area contributed by atoms with Crippen LogP contribution in [0.2, 0.25) is 0 Å². The van der Waals surface area contributed by atoms with Crippen molar-refractivity contribution in [2.24, 2.45) is 0 Å². The van der Waals surface area contributed by atoms with Crippen LogP contribution in [0.1, 0.15) is 30.9 Å². The molecule has 2 saturated heterocycles. The smallest absolute Gasteiger partial charge is 0.407 e. The number of aromatic amines is 1. The lowest BCUT2D eigenvalue weighted by atomic mass is 9.92. The summed E-state index contributed by atoms with van der Waals surface area (Å²) in [5.41, 5.74) is 5.39. The fourth-order valence-electron chi connectivity index (χ4n) is 4.73. The quantitative estimate of drug-likeness (QED) is 0.618. The number of nitrogens with zero attached hydrogens (tertiary/aromatic N) is 2. The van der Waals surface area contributed by atoms with Crippen LogP contribution in [0.25, 0.3) is 22.4 Å². The SMILES string of the molecule is O=C1NCC[C@@H](CN2CCC(c3cc(-c4ccncc4)c(-c4ccc(F)cc4)[nH]3)CC2)O1. The summed E-state index contributed by atoms with van der Waals surface area (Å²) in [7, 11) is 0. The fraction of sp³-hybridized carbons (Fsp3) is 0.360. The lowest BCUT2D eigenvalue weighted by Crippen LogP contribution is -2.45. The predicted octanol–water partition coefficient (Wildman–Crippen LogP) is 4.56. The molecule has 0 unspecified atom stereocenters. The number of pyridine rings is 1. The standard InChI is InChI=1S/C25H27FN4O2/c26-20-3-1-19(2-4-20)24-22(17-5-10-27-11-6-17)15-23(29-24)18-8-13-30(14-9-18)16-21-7-12-28-25(31)32-21/h1-6,10-11,15,18,21,29H,7-9,12-14,16H2,(H,28,31)/t21-/m0/s1. The lowest BCUT2D eigenvalue weighted by molar-refractivity contribution is 0.0431. The van der Waals surface area contributed by atoms with E-state index in [1.807, 2.05) is 24.3 Å². The van der Waals surface area contributed by atoms with E-state index in [2.05, 4.69) is 26.3 Å². The van der Waals surface area contributed by atoms with Crippen LogP contribution in [0, 0.1) is 5.82 Å². The van der Waals surface area contributed by atoms with E-state index in [9.17, 15) is 9.18 Å². The molecule has 166 valence electrons. The van der Waals surface area contributed by atoms with Crippen molar-refractivity contribution in [2.75, 3.05) is 26.2 Å². The molecule has 5 rings (SSSR count). The number of amides is 1. The summed E-state index contributed by atoms with van der Waals surface area (Å²) < 4.78 is 18.9. The highest BCUT2D eigenvalue weighted by atomic mass is 19.1. The van der Waals surface area contributed by atoms with Gasteiger partial charge in [0.15, 0.2) is 0 Å². The lowest BCUT2D eigenvalue weighted by Gasteiger charge is -2.34. The minimum absolute atomic E-state index is 0.0193. The van der Waals surface area contributed by atoms with Crippen LogP contribution in [0.4, 0.5) is 9.18 Å². The Bertz CT molecular complexity index is 1060. The molecule has 0 radical (unpaired) electrons. The van der Waals surface area contributed by atoms with Gasteiger partial charge in [0.2, 0.25) is 0 Å². The molecular formula is C25H27FN4O2. The number of carbonyl (C=O) groups is 1. The Kier molecular flexibility index (Phi) is 5.90. The highest BCUT2D eigenvalue weighted by Crippen LogP contribution is 2.37. The zero-order chi connectivity index (χ0) is 21.9.